The first-order chi connectivity index (χ1) is 9.42. The van der Waals surface area contributed by atoms with E-state index in [-0.39, 0.29) is 6.54 Å². The lowest BCUT2D eigenvalue weighted by molar-refractivity contribution is 0.582. The van der Waals surface area contributed by atoms with Crippen LogP contribution in [0.15, 0.2) is 15.7 Å². The number of rotatable bonds is 6. The third-order valence-electron chi connectivity index (χ3n) is 2.71. The first-order valence-electron chi connectivity index (χ1n) is 6.07. The van der Waals surface area contributed by atoms with Crippen molar-refractivity contribution in [3.05, 3.63) is 32.6 Å². The van der Waals surface area contributed by atoms with E-state index in [4.69, 9.17) is 0 Å². The van der Waals surface area contributed by atoms with Gasteiger partial charge in [0.1, 0.15) is 4.21 Å². The number of aryl methyl sites for hydroxylation is 2. The fourth-order valence-electron chi connectivity index (χ4n) is 1.69. The molecule has 0 amide bonds. The Labute approximate surface area is 127 Å². The van der Waals surface area contributed by atoms with Gasteiger partial charge in [0.2, 0.25) is 10.0 Å². The van der Waals surface area contributed by atoms with Crippen LogP contribution in [0, 0.1) is 13.8 Å². The summed E-state index contributed by atoms with van der Waals surface area (Å²) in [7, 11) is -1.62. The molecule has 0 radical (unpaired) electrons. The Hall–Kier alpha value is -0.800. The van der Waals surface area contributed by atoms with E-state index in [0.29, 0.717) is 10.8 Å². The zero-order chi connectivity index (χ0) is 14.8. The molecule has 0 atom stereocenters. The summed E-state index contributed by atoms with van der Waals surface area (Å²) in [6, 6.07) is 1.71. The maximum atomic E-state index is 12.2. The van der Waals surface area contributed by atoms with Crippen LogP contribution in [0.5, 0.6) is 0 Å². The van der Waals surface area contributed by atoms with Crippen LogP contribution in [0.25, 0.3) is 0 Å². The Balaban J connectivity index is 2.11. The van der Waals surface area contributed by atoms with E-state index in [1.54, 1.807) is 6.07 Å². The van der Waals surface area contributed by atoms with Gasteiger partial charge in [-0.2, -0.15) is 0 Å². The van der Waals surface area contributed by atoms with E-state index in [2.05, 4.69) is 15.0 Å². The average molecular weight is 331 g/mol. The molecule has 0 aliphatic rings. The fraction of sp³-hybridized carbons (Fsp3) is 0.417. The normalized spacial score (nSPS) is 11.9. The van der Waals surface area contributed by atoms with Gasteiger partial charge in [-0.3, -0.25) is 0 Å². The van der Waals surface area contributed by atoms with Gasteiger partial charge in [0, 0.05) is 16.8 Å². The maximum Gasteiger partial charge on any atom is 0.250 e. The van der Waals surface area contributed by atoms with Crippen molar-refractivity contribution in [1.29, 1.82) is 0 Å². The SMILES string of the molecule is CNCc1sc(S(=O)(=O)NCc2csc(C)n2)cc1C. The standard InChI is InChI=1S/C12H17N3O2S3/c1-8-4-12(19-11(8)6-13-3)20(16,17)14-5-10-7-18-9(2)15-10/h4,7,13-14H,5-6H2,1-3H3. The van der Waals surface area contributed by atoms with Gasteiger partial charge in [-0.1, -0.05) is 0 Å². The largest absolute Gasteiger partial charge is 0.315 e. The lowest BCUT2D eigenvalue weighted by atomic mass is 10.3. The summed E-state index contributed by atoms with van der Waals surface area (Å²) in [5.74, 6) is 0. The Morgan fingerprint density at radius 3 is 2.65 bits per heavy atom. The Bertz CT molecular complexity index is 689. The van der Waals surface area contributed by atoms with E-state index in [9.17, 15) is 8.42 Å². The first kappa shape index (κ1) is 15.6. The molecule has 0 fully saturated rings. The monoisotopic (exact) mass is 331 g/mol. The summed E-state index contributed by atoms with van der Waals surface area (Å²) in [5.41, 5.74) is 1.74. The van der Waals surface area contributed by atoms with Crippen LogP contribution in [0.3, 0.4) is 0 Å². The lowest BCUT2D eigenvalue weighted by Crippen LogP contribution is -2.22. The summed E-state index contributed by atoms with van der Waals surface area (Å²) in [5, 5.41) is 5.83. The summed E-state index contributed by atoms with van der Waals surface area (Å²) in [6.45, 7) is 4.73. The van der Waals surface area contributed by atoms with Crippen molar-refractivity contribution in [2.24, 2.45) is 0 Å². The van der Waals surface area contributed by atoms with Crippen LogP contribution in [0.4, 0.5) is 0 Å². The highest BCUT2D eigenvalue weighted by atomic mass is 32.2. The molecule has 2 rings (SSSR count). The topological polar surface area (TPSA) is 71.1 Å². The van der Waals surface area contributed by atoms with Crippen LogP contribution in [0.1, 0.15) is 21.1 Å². The van der Waals surface area contributed by atoms with E-state index < -0.39 is 10.0 Å². The van der Waals surface area contributed by atoms with E-state index in [1.165, 1.54) is 22.7 Å². The average Bonchev–Trinajstić information content (AvgIpc) is 2.95. The van der Waals surface area contributed by atoms with Gasteiger partial charge in [-0.15, -0.1) is 22.7 Å². The minimum Gasteiger partial charge on any atom is -0.315 e. The van der Waals surface area contributed by atoms with Gasteiger partial charge in [0.05, 0.1) is 17.2 Å². The molecule has 2 aromatic rings. The molecule has 110 valence electrons. The minimum absolute atomic E-state index is 0.227. The predicted molar refractivity (Wildman–Crippen MR) is 82.7 cm³/mol. The number of nitrogens with one attached hydrogen (secondary N) is 2. The van der Waals surface area contributed by atoms with Gasteiger partial charge in [0.25, 0.3) is 0 Å². The molecule has 5 nitrogen and oxygen atoms in total. The maximum absolute atomic E-state index is 12.2. The fourth-order valence-corrected chi connectivity index (χ4v) is 4.94. The number of hydrogen-bond donors (Lipinski definition) is 2. The van der Waals surface area contributed by atoms with Crippen LogP contribution in [-0.4, -0.2) is 20.4 Å². The molecule has 0 aliphatic carbocycles. The minimum atomic E-state index is -3.46. The van der Waals surface area contributed by atoms with Crippen molar-refractivity contribution in [3.63, 3.8) is 0 Å². The summed E-state index contributed by atoms with van der Waals surface area (Å²) in [6.07, 6.45) is 0. The smallest absolute Gasteiger partial charge is 0.250 e. The zero-order valence-corrected chi connectivity index (χ0v) is 14.0. The summed E-state index contributed by atoms with van der Waals surface area (Å²) < 4.78 is 27.4. The quantitative estimate of drug-likeness (QED) is 0.849. The molecule has 0 bridgehead atoms. The molecule has 0 aromatic carbocycles. The van der Waals surface area contributed by atoms with Crippen molar-refractivity contribution < 1.29 is 8.42 Å². The molecule has 0 saturated carbocycles. The lowest BCUT2D eigenvalue weighted by Gasteiger charge is -2.02. The second-order valence-corrected chi connectivity index (χ2v) is 8.58. The van der Waals surface area contributed by atoms with Gasteiger partial charge < -0.3 is 5.32 Å². The van der Waals surface area contributed by atoms with Crippen LogP contribution < -0.4 is 10.0 Å². The van der Waals surface area contributed by atoms with Gasteiger partial charge in [-0.05, 0) is 32.5 Å². The zero-order valence-electron chi connectivity index (χ0n) is 11.6. The Morgan fingerprint density at radius 2 is 2.05 bits per heavy atom. The molecule has 0 saturated heterocycles. The first-order valence-corrected chi connectivity index (χ1v) is 9.25. The van der Waals surface area contributed by atoms with Gasteiger partial charge >= 0.3 is 0 Å². The molecular weight excluding hydrogens is 314 g/mol. The second kappa shape index (κ2) is 6.31. The number of hydrogen-bond acceptors (Lipinski definition) is 6. The molecule has 0 aliphatic heterocycles. The van der Waals surface area contributed by atoms with Gasteiger partial charge in [-0.25, -0.2) is 18.1 Å². The van der Waals surface area contributed by atoms with Gasteiger partial charge in [0.15, 0.2) is 0 Å². The Morgan fingerprint density at radius 1 is 1.30 bits per heavy atom. The molecule has 20 heavy (non-hydrogen) atoms. The van der Waals surface area contributed by atoms with Crippen molar-refractivity contribution in [2.75, 3.05) is 7.05 Å². The molecule has 2 heterocycles. The molecular formula is C12H17N3O2S3. The second-order valence-electron chi connectivity index (χ2n) is 4.38. The Kier molecular flexibility index (Phi) is 4.92. The molecule has 0 unspecified atom stereocenters. The van der Waals surface area contributed by atoms with Crippen molar-refractivity contribution in [1.82, 2.24) is 15.0 Å². The number of aromatic nitrogens is 1. The van der Waals surface area contributed by atoms with Crippen molar-refractivity contribution >= 4 is 32.7 Å². The summed E-state index contributed by atoms with van der Waals surface area (Å²) >= 11 is 2.81. The predicted octanol–water partition coefficient (Wildman–Crippen LogP) is 2.02. The number of nitrogens with zero attached hydrogens (tertiary/aromatic N) is 1. The molecule has 8 heteroatoms. The highest BCUT2D eigenvalue weighted by Crippen LogP contribution is 2.26. The third kappa shape index (κ3) is 3.64. The van der Waals surface area contributed by atoms with E-state index in [0.717, 1.165) is 21.1 Å². The number of sulfonamides is 1. The van der Waals surface area contributed by atoms with E-state index in [1.807, 2.05) is 26.3 Å². The van der Waals surface area contributed by atoms with E-state index >= 15 is 0 Å². The molecule has 2 aromatic heterocycles. The van der Waals surface area contributed by atoms with Crippen LogP contribution >= 0.6 is 22.7 Å². The highest BCUT2D eigenvalue weighted by molar-refractivity contribution is 7.91. The van der Waals surface area contributed by atoms with Crippen LogP contribution in [-0.2, 0) is 23.1 Å². The number of thiophene rings is 1. The van der Waals surface area contributed by atoms with Crippen molar-refractivity contribution in [2.45, 2.75) is 31.1 Å². The van der Waals surface area contributed by atoms with Crippen LogP contribution in [0.2, 0.25) is 0 Å². The molecule has 2 N–H and O–H groups in total. The van der Waals surface area contributed by atoms with Crippen molar-refractivity contribution in [3.8, 4) is 0 Å². The highest BCUT2D eigenvalue weighted by Gasteiger charge is 2.18. The third-order valence-corrected chi connectivity index (χ3v) is 6.64. The summed E-state index contributed by atoms with van der Waals surface area (Å²) in [4.78, 5) is 5.28. The number of thiazole rings is 1. The molecule has 0 spiro atoms.